The summed E-state index contributed by atoms with van der Waals surface area (Å²) in [4.78, 5) is 37.7. The van der Waals surface area contributed by atoms with Gasteiger partial charge in [0, 0.05) is 6.42 Å². The fourth-order valence-electron chi connectivity index (χ4n) is 3.39. The van der Waals surface area contributed by atoms with Gasteiger partial charge in [0.2, 0.25) is 5.91 Å². The maximum absolute atomic E-state index is 13.1. The molecule has 0 unspecified atom stereocenters. The summed E-state index contributed by atoms with van der Waals surface area (Å²) in [7, 11) is 1.25. The van der Waals surface area contributed by atoms with Crippen molar-refractivity contribution >= 4 is 18.0 Å². The number of phenolic OH excluding ortho intramolecular Hbond substituents is 1. The number of phenols is 1. The van der Waals surface area contributed by atoms with Crippen LogP contribution in [0.1, 0.15) is 52.0 Å². The van der Waals surface area contributed by atoms with Gasteiger partial charge in [-0.05, 0) is 51.3 Å². The van der Waals surface area contributed by atoms with Crippen molar-refractivity contribution in [2.75, 3.05) is 7.11 Å². The summed E-state index contributed by atoms with van der Waals surface area (Å²) in [5.41, 5.74) is -1.06. The van der Waals surface area contributed by atoms with Crippen LogP contribution in [0.15, 0.2) is 24.3 Å². The van der Waals surface area contributed by atoms with Crippen LogP contribution < -0.4 is 10.6 Å². The maximum atomic E-state index is 13.1. The van der Waals surface area contributed by atoms with Crippen LogP contribution in [0.4, 0.5) is 4.79 Å². The molecule has 8 heteroatoms. The summed E-state index contributed by atoms with van der Waals surface area (Å²) in [6, 6.07) is 5.43. The van der Waals surface area contributed by atoms with Gasteiger partial charge in [0.25, 0.3) is 0 Å². The van der Waals surface area contributed by atoms with Gasteiger partial charge in [0.05, 0.1) is 7.11 Å². The highest BCUT2D eigenvalue weighted by molar-refractivity contribution is 5.93. The third kappa shape index (κ3) is 6.37. The van der Waals surface area contributed by atoms with Gasteiger partial charge in [-0.2, -0.15) is 0 Å². The average Bonchev–Trinajstić information content (AvgIpc) is 3.10. The first-order valence-electron chi connectivity index (χ1n) is 9.72. The summed E-state index contributed by atoms with van der Waals surface area (Å²) < 4.78 is 10.1. The second-order valence-corrected chi connectivity index (χ2v) is 8.34. The molecule has 1 aliphatic carbocycles. The third-order valence-corrected chi connectivity index (χ3v) is 4.80. The normalized spacial score (nSPS) is 16.6. The van der Waals surface area contributed by atoms with E-state index in [9.17, 15) is 19.5 Å². The molecule has 3 N–H and O–H groups in total. The standard InChI is InChI=1S/C21H30N2O6/c1-20(2,3)29-19(27)23-21(11-5-6-12-21)18(26)22-16(17(25)28-4)13-14-7-9-15(24)10-8-14/h7-10,16,24H,5-6,11-13H2,1-4H3,(H,22,26)(H,23,27)/t16-/m0/s1. The molecule has 1 aromatic rings. The molecule has 2 amide bonds. The molecule has 2 rings (SSSR count). The van der Waals surface area contributed by atoms with E-state index in [0.29, 0.717) is 12.8 Å². The third-order valence-electron chi connectivity index (χ3n) is 4.80. The van der Waals surface area contributed by atoms with E-state index < -0.39 is 35.2 Å². The van der Waals surface area contributed by atoms with Crippen LogP contribution in [0.5, 0.6) is 5.75 Å². The number of benzene rings is 1. The maximum Gasteiger partial charge on any atom is 0.408 e. The number of hydrogen-bond acceptors (Lipinski definition) is 6. The Morgan fingerprint density at radius 1 is 1.14 bits per heavy atom. The molecule has 29 heavy (non-hydrogen) atoms. The highest BCUT2D eigenvalue weighted by atomic mass is 16.6. The van der Waals surface area contributed by atoms with Crippen LogP contribution >= 0.6 is 0 Å². The lowest BCUT2D eigenvalue weighted by Gasteiger charge is -2.32. The van der Waals surface area contributed by atoms with Crippen molar-refractivity contribution in [1.29, 1.82) is 0 Å². The molecule has 0 bridgehead atoms. The summed E-state index contributed by atoms with van der Waals surface area (Å²) in [5.74, 6) is -0.911. The largest absolute Gasteiger partial charge is 0.508 e. The van der Waals surface area contributed by atoms with Crippen molar-refractivity contribution in [2.24, 2.45) is 0 Å². The van der Waals surface area contributed by atoms with Crippen LogP contribution in [-0.4, -0.2) is 47.4 Å². The van der Waals surface area contributed by atoms with Gasteiger partial charge in [0.15, 0.2) is 0 Å². The van der Waals surface area contributed by atoms with E-state index in [2.05, 4.69) is 10.6 Å². The van der Waals surface area contributed by atoms with Gasteiger partial charge in [-0.1, -0.05) is 25.0 Å². The van der Waals surface area contributed by atoms with Crippen LogP contribution in [0.3, 0.4) is 0 Å². The first-order valence-corrected chi connectivity index (χ1v) is 9.72. The number of aromatic hydroxyl groups is 1. The highest BCUT2D eigenvalue weighted by Gasteiger charge is 2.44. The second kappa shape index (κ2) is 9.15. The SMILES string of the molecule is COC(=O)[C@H](Cc1ccc(O)cc1)NC(=O)C1(NC(=O)OC(C)(C)C)CCCC1. The predicted octanol–water partition coefficient (Wildman–Crippen LogP) is 2.43. The fraction of sp³-hybridized carbons (Fsp3) is 0.571. The minimum atomic E-state index is -1.12. The van der Waals surface area contributed by atoms with Gasteiger partial charge in [-0.3, -0.25) is 4.79 Å². The highest BCUT2D eigenvalue weighted by Crippen LogP contribution is 2.30. The Balaban J connectivity index is 2.14. The lowest BCUT2D eigenvalue weighted by Crippen LogP contribution is -2.60. The lowest BCUT2D eigenvalue weighted by molar-refractivity contribution is -0.145. The molecule has 0 radical (unpaired) electrons. The molecule has 0 aliphatic heterocycles. The first kappa shape index (κ1) is 22.5. The van der Waals surface area contributed by atoms with Crippen LogP contribution in [-0.2, 0) is 25.5 Å². The lowest BCUT2D eigenvalue weighted by atomic mass is 9.95. The van der Waals surface area contributed by atoms with Gasteiger partial charge in [-0.15, -0.1) is 0 Å². The van der Waals surface area contributed by atoms with E-state index in [1.165, 1.54) is 19.2 Å². The topological polar surface area (TPSA) is 114 Å². The zero-order valence-electron chi connectivity index (χ0n) is 17.4. The number of methoxy groups -OCH3 is 1. The number of rotatable bonds is 6. The molecule has 1 saturated carbocycles. The number of carbonyl (C=O) groups excluding carboxylic acids is 3. The molecule has 0 aromatic heterocycles. The van der Waals surface area contributed by atoms with E-state index >= 15 is 0 Å². The van der Waals surface area contributed by atoms with E-state index in [1.807, 2.05) is 0 Å². The predicted molar refractivity (Wildman–Crippen MR) is 106 cm³/mol. The zero-order chi connectivity index (χ0) is 21.7. The average molecular weight is 406 g/mol. The molecule has 0 spiro atoms. The molecule has 0 saturated heterocycles. The van der Waals surface area contributed by atoms with E-state index in [-0.39, 0.29) is 12.2 Å². The zero-order valence-corrected chi connectivity index (χ0v) is 17.4. The summed E-state index contributed by atoms with van der Waals surface area (Å²) in [5, 5.41) is 14.9. The van der Waals surface area contributed by atoms with E-state index in [4.69, 9.17) is 9.47 Å². The van der Waals surface area contributed by atoms with E-state index in [0.717, 1.165) is 18.4 Å². The Hall–Kier alpha value is -2.77. The number of nitrogens with one attached hydrogen (secondary N) is 2. The Bertz CT molecular complexity index is 733. The molecule has 160 valence electrons. The molecule has 1 aliphatic rings. The number of carbonyl (C=O) groups is 3. The summed E-state index contributed by atoms with van der Waals surface area (Å²) in [6.07, 6.45) is 2.02. The van der Waals surface area contributed by atoms with Crippen LogP contribution in [0.2, 0.25) is 0 Å². The Morgan fingerprint density at radius 3 is 2.24 bits per heavy atom. The molecule has 8 nitrogen and oxygen atoms in total. The number of amides is 2. The first-order chi connectivity index (χ1) is 13.5. The monoisotopic (exact) mass is 406 g/mol. The van der Waals surface area contributed by atoms with Crippen molar-refractivity contribution in [1.82, 2.24) is 10.6 Å². The minimum absolute atomic E-state index is 0.110. The Kier molecular flexibility index (Phi) is 7.11. The van der Waals surface area contributed by atoms with Crippen molar-refractivity contribution in [3.63, 3.8) is 0 Å². The second-order valence-electron chi connectivity index (χ2n) is 8.34. The number of esters is 1. The molecule has 1 atom stereocenters. The van der Waals surface area contributed by atoms with Crippen molar-refractivity contribution < 1.29 is 29.0 Å². The van der Waals surface area contributed by atoms with Crippen molar-refractivity contribution in [2.45, 2.75) is 70.1 Å². The summed E-state index contributed by atoms with van der Waals surface area (Å²) >= 11 is 0. The molecule has 0 heterocycles. The Labute approximate surface area is 171 Å². The fourth-order valence-corrected chi connectivity index (χ4v) is 3.39. The number of alkyl carbamates (subject to hydrolysis) is 1. The molecular formula is C21H30N2O6. The van der Waals surface area contributed by atoms with Crippen LogP contribution in [0, 0.1) is 0 Å². The quantitative estimate of drug-likeness (QED) is 0.625. The van der Waals surface area contributed by atoms with Gasteiger partial charge < -0.3 is 25.2 Å². The number of hydrogen-bond donors (Lipinski definition) is 3. The van der Waals surface area contributed by atoms with Crippen molar-refractivity contribution in [3.05, 3.63) is 29.8 Å². The van der Waals surface area contributed by atoms with Gasteiger partial charge >= 0.3 is 12.1 Å². The molecular weight excluding hydrogens is 376 g/mol. The molecule has 1 fully saturated rings. The Morgan fingerprint density at radius 2 is 1.72 bits per heavy atom. The van der Waals surface area contributed by atoms with Gasteiger partial charge in [-0.25, -0.2) is 9.59 Å². The number of ether oxygens (including phenoxy) is 2. The van der Waals surface area contributed by atoms with Gasteiger partial charge in [0.1, 0.15) is 22.9 Å². The summed E-state index contributed by atoms with van der Waals surface area (Å²) in [6.45, 7) is 5.25. The van der Waals surface area contributed by atoms with Crippen molar-refractivity contribution in [3.8, 4) is 5.75 Å². The van der Waals surface area contributed by atoms with Crippen LogP contribution in [0.25, 0.3) is 0 Å². The smallest absolute Gasteiger partial charge is 0.408 e. The minimum Gasteiger partial charge on any atom is -0.508 e. The van der Waals surface area contributed by atoms with E-state index in [1.54, 1.807) is 32.9 Å². The molecule has 1 aromatic carbocycles.